The molecule has 0 aliphatic rings. The number of hydrazine groups is 1. The van der Waals surface area contributed by atoms with E-state index in [4.69, 9.17) is 17.4 Å². The van der Waals surface area contributed by atoms with E-state index in [1.165, 1.54) is 0 Å². The van der Waals surface area contributed by atoms with E-state index < -0.39 is 0 Å². The molecule has 0 bridgehead atoms. The predicted octanol–water partition coefficient (Wildman–Crippen LogP) is 0.554. The number of nitrogens with zero attached hydrogens (tertiary/aromatic N) is 4. The van der Waals surface area contributed by atoms with Gasteiger partial charge in [-0.1, -0.05) is 11.6 Å². The highest BCUT2D eigenvalue weighted by Gasteiger charge is 2.19. The van der Waals surface area contributed by atoms with Gasteiger partial charge in [0.05, 0.1) is 29.5 Å². The minimum Gasteiger partial charge on any atom is -0.309 e. The lowest BCUT2D eigenvalue weighted by molar-refractivity contribution is 0.339. The Hall–Kier alpha value is -0.660. The van der Waals surface area contributed by atoms with Crippen LogP contribution in [-0.2, 0) is 6.54 Å². The highest BCUT2D eigenvalue weighted by atomic mass is 35.5. The minimum absolute atomic E-state index is 0.0135. The molecule has 1 rings (SSSR count). The lowest BCUT2D eigenvalue weighted by Gasteiger charge is -2.21. The van der Waals surface area contributed by atoms with E-state index in [1.807, 2.05) is 32.9 Å². The van der Waals surface area contributed by atoms with Crippen molar-refractivity contribution in [3.05, 3.63) is 16.9 Å². The van der Waals surface area contributed by atoms with Gasteiger partial charge in [-0.05, 0) is 41.2 Å². The van der Waals surface area contributed by atoms with Crippen molar-refractivity contribution in [2.24, 2.45) is 5.84 Å². The fraction of sp³-hybridized carbons (Fsp3) is 0.750. The summed E-state index contributed by atoms with van der Waals surface area (Å²) in [5.41, 5.74) is 3.81. The minimum atomic E-state index is 0.0135. The van der Waals surface area contributed by atoms with Gasteiger partial charge in [0.25, 0.3) is 0 Å². The third kappa shape index (κ3) is 5.08. The van der Waals surface area contributed by atoms with Crippen LogP contribution in [0.2, 0.25) is 5.02 Å². The second-order valence-electron chi connectivity index (χ2n) is 5.22. The van der Waals surface area contributed by atoms with Crippen molar-refractivity contribution >= 4 is 11.6 Å². The van der Waals surface area contributed by atoms with Crippen LogP contribution in [0.25, 0.3) is 0 Å². The first-order valence-corrected chi connectivity index (χ1v) is 6.80. The molecule has 0 radical (unpaired) electrons. The summed E-state index contributed by atoms with van der Waals surface area (Å²) in [4.78, 5) is 4.24. The van der Waals surface area contributed by atoms with Crippen molar-refractivity contribution in [1.82, 2.24) is 25.0 Å². The van der Waals surface area contributed by atoms with Crippen LogP contribution in [0.3, 0.4) is 0 Å². The van der Waals surface area contributed by atoms with Gasteiger partial charge in [-0.25, -0.2) is 0 Å². The Bertz CT molecular complexity index is 376. The van der Waals surface area contributed by atoms with Gasteiger partial charge in [-0.15, -0.1) is 0 Å². The highest BCUT2D eigenvalue weighted by Crippen LogP contribution is 2.24. The molecule has 6 nitrogen and oxygen atoms in total. The van der Waals surface area contributed by atoms with E-state index in [2.05, 4.69) is 20.3 Å². The summed E-state index contributed by atoms with van der Waals surface area (Å²) in [5.74, 6) is 5.67. The average Bonchev–Trinajstić information content (AvgIpc) is 2.69. The maximum Gasteiger partial charge on any atom is 0.0834 e. The average molecular weight is 289 g/mol. The molecule has 0 aliphatic carbocycles. The summed E-state index contributed by atoms with van der Waals surface area (Å²) in [5, 5.41) is 5.00. The van der Waals surface area contributed by atoms with Gasteiger partial charge in [-0.2, -0.15) is 5.10 Å². The van der Waals surface area contributed by atoms with E-state index in [1.54, 1.807) is 6.20 Å². The molecule has 1 heterocycles. The van der Waals surface area contributed by atoms with Crippen molar-refractivity contribution in [2.45, 2.75) is 19.0 Å². The smallest absolute Gasteiger partial charge is 0.0834 e. The number of likely N-dealkylation sites (N-methyl/N-ethyl adjacent to an activating group) is 1. The Morgan fingerprint density at radius 1 is 1.32 bits per heavy atom. The fourth-order valence-electron chi connectivity index (χ4n) is 1.88. The number of halogens is 1. The van der Waals surface area contributed by atoms with Gasteiger partial charge >= 0.3 is 0 Å². The molecule has 0 saturated carbocycles. The number of hydrogen-bond acceptors (Lipinski definition) is 5. The quantitative estimate of drug-likeness (QED) is 0.540. The maximum atomic E-state index is 6.24. The monoisotopic (exact) mass is 288 g/mol. The molecule has 1 aromatic heterocycles. The third-order valence-electron chi connectivity index (χ3n) is 2.99. The highest BCUT2D eigenvalue weighted by molar-refractivity contribution is 6.31. The van der Waals surface area contributed by atoms with Crippen molar-refractivity contribution < 1.29 is 0 Å². The van der Waals surface area contributed by atoms with Crippen molar-refractivity contribution in [1.29, 1.82) is 0 Å². The molecule has 0 aromatic carbocycles. The van der Waals surface area contributed by atoms with Crippen molar-refractivity contribution in [3.8, 4) is 0 Å². The molecular weight excluding hydrogens is 264 g/mol. The first-order valence-electron chi connectivity index (χ1n) is 6.42. The van der Waals surface area contributed by atoms with Crippen LogP contribution < -0.4 is 11.3 Å². The van der Waals surface area contributed by atoms with Crippen LogP contribution >= 0.6 is 11.6 Å². The van der Waals surface area contributed by atoms with E-state index in [-0.39, 0.29) is 6.04 Å². The van der Waals surface area contributed by atoms with E-state index in [9.17, 15) is 0 Å². The molecule has 0 aliphatic heterocycles. The van der Waals surface area contributed by atoms with Gasteiger partial charge in [0, 0.05) is 6.54 Å². The van der Waals surface area contributed by atoms with Gasteiger partial charge in [0.15, 0.2) is 0 Å². The normalized spacial score (nSPS) is 13.5. The number of aromatic nitrogens is 2. The summed E-state index contributed by atoms with van der Waals surface area (Å²) in [6.45, 7) is 2.65. The zero-order chi connectivity index (χ0) is 14.4. The SMILES string of the molecule is CN(C)CCC(NN)c1c(Cl)cnn1CCN(C)C. The lowest BCUT2D eigenvalue weighted by atomic mass is 10.1. The molecule has 1 aromatic rings. The van der Waals surface area contributed by atoms with Gasteiger partial charge in [-0.3, -0.25) is 16.0 Å². The lowest BCUT2D eigenvalue weighted by Crippen LogP contribution is -2.33. The predicted molar refractivity (Wildman–Crippen MR) is 79.0 cm³/mol. The molecule has 0 fully saturated rings. The Balaban J connectivity index is 2.80. The Kier molecular flexibility index (Phi) is 6.74. The molecule has 1 unspecified atom stereocenters. The van der Waals surface area contributed by atoms with Crippen molar-refractivity contribution in [3.63, 3.8) is 0 Å². The number of nitrogens with one attached hydrogen (secondary N) is 1. The van der Waals surface area contributed by atoms with Gasteiger partial charge < -0.3 is 9.80 Å². The van der Waals surface area contributed by atoms with E-state index in [0.717, 1.165) is 31.7 Å². The molecule has 1 atom stereocenters. The van der Waals surface area contributed by atoms with Gasteiger partial charge in [0.2, 0.25) is 0 Å². The topological polar surface area (TPSA) is 62.4 Å². The summed E-state index contributed by atoms with van der Waals surface area (Å²) < 4.78 is 1.93. The molecule has 110 valence electrons. The molecule has 0 saturated heterocycles. The molecule has 0 spiro atoms. The zero-order valence-corrected chi connectivity index (χ0v) is 13.0. The Labute approximate surface area is 120 Å². The molecule has 0 amide bonds. The van der Waals surface area contributed by atoms with Crippen LogP contribution in [0.15, 0.2) is 6.20 Å². The second kappa shape index (κ2) is 7.81. The van der Waals surface area contributed by atoms with Gasteiger partial charge in [0.1, 0.15) is 0 Å². The van der Waals surface area contributed by atoms with Crippen LogP contribution in [0.4, 0.5) is 0 Å². The first kappa shape index (κ1) is 16.4. The molecule has 19 heavy (non-hydrogen) atoms. The number of hydrogen-bond donors (Lipinski definition) is 2. The van der Waals surface area contributed by atoms with Crippen LogP contribution in [0, 0.1) is 0 Å². The van der Waals surface area contributed by atoms with Crippen LogP contribution in [-0.4, -0.2) is 60.9 Å². The Morgan fingerprint density at radius 2 is 1.95 bits per heavy atom. The summed E-state index contributed by atoms with van der Waals surface area (Å²) in [7, 11) is 8.15. The molecule has 3 N–H and O–H groups in total. The number of rotatable bonds is 8. The van der Waals surface area contributed by atoms with E-state index in [0.29, 0.717) is 5.02 Å². The standard InChI is InChI=1S/C12H25ClN6/c1-17(2)6-5-11(16-14)12-10(13)9-15-19(12)8-7-18(3)4/h9,11,16H,5-8,14H2,1-4H3. The van der Waals surface area contributed by atoms with E-state index >= 15 is 0 Å². The third-order valence-corrected chi connectivity index (χ3v) is 3.28. The molecular formula is C12H25ClN6. The zero-order valence-electron chi connectivity index (χ0n) is 12.2. The van der Waals surface area contributed by atoms with Crippen molar-refractivity contribution in [2.75, 3.05) is 41.3 Å². The summed E-state index contributed by atoms with van der Waals surface area (Å²) >= 11 is 6.24. The largest absolute Gasteiger partial charge is 0.309 e. The summed E-state index contributed by atoms with van der Waals surface area (Å²) in [6, 6.07) is 0.0135. The first-order chi connectivity index (χ1) is 8.95. The summed E-state index contributed by atoms with van der Waals surface area (Å²) in [6.07, 6.45) is 2.57. The Morgan fingerprint density at radius 3 is 2.47 bits per heavy atom. The maximum absolute atomic E-state index is 6.24. The molecule has 7 heteroatoms. The number of nitrogens with two attached hydrogens (primary N) is 1. The second-order valence-corrected chi connectivity index (χ2v) is 5.62. The van der Waals surface area contributed by atoms with Crippen LogP contribution in [0.1, 0.15) is 18.2 Å². The van der Waals surface area contributed by atoms with Crippen LogP contribution in [0.5, 0.6) is 0 Å². The fourth-order valence-corrected chi connectivity index (χ4v) is 2.15.